The number of carbonyl (C=O) groups is 1. The van der Waals surface area contributed by atoms with Gasteiger partial charge in [-0.2, -0.15) is 0 Å². The highest BCUT2D eigenvalue weighted by Gasteiger charge is 2.32. The highest BCUT2D eigenvalue weighted by molar-refractivity contribution is 5.94. The number of rotatable bonds is 6. The molecule has 0 aromatic heterocycles. The van der Waals surface area contributed by atoms with E-state index in [9.17, 15) is 4.79 Å². The van der Waals surface area contributed by atoms with Gasteiger partial charge in [-0.25, -0.2) is 0 Å². The fraction of sp³-hybridized carbons (Fsp3) is 0.194. The molecule has 1 amide bonds. The largest absolute Gasteiger partial charge is 0.493 e. The number of methoxy groups -OCH3 is 2. The molecule has 5 rings (SSSR count). The maximum Gasteiger partial charge on any atom is 0.254 e. The smallest absolute Gasteiger partial charge is 0.254 e. The standard InChI is InChI=1S/C31H29NO3/c1-34-29-20-26-17-18-32(31(33)25-11-7-4-8-12-25)28(27(26)21-30(29)35-2)19-22-13-15-24(16-14-22)23-9-5-3-6-10-23/h3-16,20-21,28H,17-19H2,1-2H3. The summed E-state index contributed by atoms with van der Waals surface area (Å²) in [6.45, 7) is 0.656. The van der Waals surface area contributed by atoms with Gasteiger partial charge in [0.2, 0.25) is 0 Å². The fourth-order valence-corrected chi connectivity index (χ4v) is 4.93. The van der Waals surface area contributed by atoms with Gasteiger partial charge in [-0.05, 0) is 64.9 Å². The van der Waals surface area contributed by atoms with Gasteiger partial charge in [-0.15, -0.1) is 0 Å². The van der Waals surface area contributed by atoms with Gasteiger partial charge in [-0.1, -0.05) is 72.8 Å². The summed E-state index contributed by atoms with van der Waals surface area (Å²) in [7, 11) is 3.31. The second-order valence-corrected chi connectivity index (χ2v) is 8.80. The lowest BCUT2D eigenvalue weighted by atomic mass is 9.87. The zero-order valence-corrected chi connectivity index (χ0v) is 20.1. The van der Waals surface area contributed by atoms with Crippen molar-refractivity contribution >= 4 is 5.91 Å². The van der Waals surface area contributed by atoms with E-state index in [2.05, 4.69) is 54.6 Å². The summed E-state index contributed by atoms with van der Waals surface area (Å²) in [5.74, 6) is 1.46. The minimum Gasteiger partial charge on any atom is -0.493 e. The summed E-state index contributed by atoms with van der Waals surface area (Å²) in [5, 5.41) is 0. The maximum absolute atomic E-state index is 13.6. The van der Waals surface area contributed by atoms with Crippen LogP contribution in [0.15, 0.2) is 97.1 Å². The van der Waals surface area contributed by atoms with Gasteiger partial charge in [0.15, 0.2) is 11.5 Å². The van der Waals surface area contributed by atoms with Crippen LogP contribution in [0.5, 0.6) is 11.5 Å². The van der Waals surface area contributed by atoms with Crippen LogP contribution < -0.4 is 9.47 Å². The molecule has 4 nitrogen and oxygen atoms in total. The molecule has 0 spiro atoms. The first kappa shape index (κ1) is 22.7. The fourth-order valence-electron chi connectivity index (χ4n) is 4.93. The van der Waals surface area contributed by atoms with E-state index in [1.54, 1.807) is 14.2 Å². The van der Waals surface area contributed by atoms with Crippen molar-refractivity contribution in [3.63, 3.8) is 0 Å². The lowest BCUT2D eigenvalue weighted by Gasteiger charge is -2.38. The highest BCUT2D eigenvalue weighted by atomic mass is 16.5. The summed E-state index contributed by atoms with van der Waals surface area (Å²) in [4.78, 5) is 15.6. The van der Waals surface area contributed by atoms with Crippen molar-refractivity contribution in [1.82, 2.24) is 4.90 Å². The van der Waals surface area contributed by atoms with E-state index >= 15 is 0 Å². The molecule has 35 heavy (non-hydrogen) atoms. The Hall–Kier alpha value is -4.05. The van der Waals surface area contributed by atoms with Crippen molar-refractivity contribution < 1.29 is 14.3 Å². The van der Waals surface area contributed by atoms with Crippen molar-refractivity contribution in [2.24, 2.45) is 0 Å². The normalized spacial score (nSPS) is 14.8. The van der Waals surface area contributed by atoms with Crippen molar-refractivity contribution in [3.05, 3.63) is 119 Å². The van der Waals surface area contributed by atoms with Gasteiger partial charge in [0.25, 0.3) is 5.91 Å². The molecule has 1 heterocycles. The Morgan fingerprint density at radius 3 is 2.06 bits per heavy atom. The summed E-state index contributed by atoms with van der Waals surface area (Å²) in [5.41, 5.74) is 6.59. The van der Waals surface area contributed by atoms with Crippen LogP contribution in [0.2, 0.25) is 0 Å². The van der Waals surface area contributed by atoms with Gasteiger partial charge in [0, 0.05) is 12.1 Å². The molecule has 4 aromatic rings. The molecule has 0 N–H and O–H groups in total. The zero-order chi connectivity index (χ0) is 24.2. The van der Waals surface area contributed by atoms with Crippen LogP contribution in [0.3, 0.4) is 0 Å². The molecular weight excluding hydrogens is 434 g/mol. The van der Waals surface area contributed by atoms with Crippen LogP contribution in [0, 0.1) is 0 Å². The lowest BCUT2D eigenvalue weighted by molar-refractivity contribution is 0.0659. The first-order valence-electron chi connectivity index (χ1n) is 11.9. The third kappa shape index (κ3) is 4.65. The molecule has 1 aliphatic rings. The van der Waals surface area contributed by atoms with Crippen molar-refractivity contribution in [1.29, 1.82) is 0 Å². The average Bonchev–Trinajstić information content (AvgIpc) is 2.93. The van der Waals surface area contributed by atoms with Gasteiger partial charge in [0.05, 0.1) is 20.3 Å². The molecule has 4 heteroatoms. The average molecular weight is 464 g/mol. The first-order valence-corrected chi connectivity index (χ1v) is 11.9. The molecule has 0 fully saturated rings. The number of ether oxygens (including phenoxy) is 2. The molecule has 0 bridgehead atoms. The number of carbonyl (C=O) groups excluding carboxylic acids is 1. The van der Waals surface area contributed by atoms with Crippen molar-refractivity contribution in [3.8, 4) is 22.6 Å². The number of hydrogen-bond donors (Lipinski definition) is 0. The van der Waals surface area contributed by atoms with Crippen molar-refractivity contribution in [2.75, 3.05) is 20.8 Å². The Morgan fingerprint density at radius 2 is 1.40 bits per heavy atom. The van der Waals surface area contributed by atoms with E-state index in [-0.39, 0.29) is 11.9 Å². The molecule has 1 unspecified atom stereocenters. The van der Waals surface area contributed by atoms with Crippen LogP contribution in [0.1, 0.15) is 33.1 Å². The number of nitrogens with zero attached hydrogens (tertiary/aromatic N) is 1. The van der Waals surface area contributed by atoms with E-state index in [0.29, 0.717) is 17.9 Å². The SMILES string of the molecule is COc1cc2c(cc1OC)C(Cc1ccc(-c3ccccc3)cc1)N(C(=O)c1ccccc1)CC2. The molecule has 176 valence electrons. The highest BCUT2D eigenvalue weighted by Crippen LogP contribution is 2.40. The Kier molecular flexibility index (Phi) is 6.53. The minimum atomic E-state index is -0.103. The molecule has 0 saturated heterocycles. The van der Waals surface area contributed by atoms with Crippen LogP contribution in [0.25, 0.3) is 11.1 Å². The number of amides is 1. The topological polar surface area (TPSA) is 38.8 Å². The third-order valence-electron chi connectivity index (χ3n) is 6.77. The number of fused-ring (bicyclic) bond motifs is 1. The molecule has 4 aromatic carbocycles. The summed E-state index contributed by atoms with van der Waals surface area (Å²) in [6, 6.07) is 32.6. The molecular formula is C31H29NO3. The quantitative estimate of drug-likeness (QED) is 0.334. The molecule has 1 atom stereocenters. The van der Waals surface area contributed by atoms with E-state index in [1.165, 1.54) is 22.3 Å². The van der Waals surface area contributed by atoms with Crippen molar-refractivity contribution in [2.45, 2.75) is 18.9 Å². The summed E-state index contributed by atoms with van der Waals surface area (Å²) < 4.78 is 11.2. The Morgan fingerprint density at radius 1 is 0.800 bits per heavy atom. The second kappa shape index (κ2) is 10.1. The van der Waals surface area contributed by atoms with E-state index in [4.69, 9.17) is 9.47 Å². The van der Waals surface area contributed by atoms with Crippen LogP contribution in [0.4, 0.5) is 0 Å². The van der Waals surface area contributed by atoms with Crippen LogP contribution >= 0.6 is 0 Å². The van der Waals surface area contributed by atoms with Crippen LogP contribution in [-0.2, 0) is 12.8 Å². The van der Waals surface area contributed by atoms with E-state index in [0.717, 1.165) is 24.2 Å². The first-order chi connectivity index (χ1) is 17.2. The maximum atomic E-state index is 13.6. The number of benzene rings is 4. The third-order valence-corrected chi connectivity index (χ3v) is 6.77. The van der Waals surface area contributed by atoms with E-state index in [1.807, 2.05) is 47.4 Å². The summed E-state index contributed by atoms with van der Waals surface area (Å²) in [6.07, 6.45) is 1.49. The van der Waals surface area contributed by atoms with E-state index < -0.39 is 0 Å². The van der Waals surface area contributed by atoms with Gasteiger partial charge >= 0.3 is 0 Å². The van der Waals surface area contributed by atoms with Crippen LogP contribution in [-0.4, -0.2) is 31.6 Å². The Labute approximate surface area is 206 Å². The monoisotopic (exact) mass is 463 g/mol. The lowest BCUT2D eigenvalue weighted by Crippen LogP contribution is -2.41. The minimum absolute atomic E-state index is 0.0527. The summed E-state index contributed by atoms with van der Waals surface area (Å²) >= 11 is 0. The molecule has 0 radical (unpaired) electrons. The molecule has 0 aliphatic carbocycles. The predicted molar refractivity (Wildman–Crippen MR) is 139 cm³/mol. The molecule has 1 aliphatic heterocycles. The second-order valence-electron chi connectivity index (χ2n) is 8.80. The molecule has 0 saturated carbocycles. The Balaban J connectivity index is 1.52. The van der Waals surface area contributed by atoms with Gasteiger partial charge in [-0.3, -0.25) is 4.79 Å². The predicted octanol–water partition coefficient (Wildman–Crippen LogP) is 6.35. The van der Waals surface area contributed by atoms with Gasteiger partial charge < -0.3 is 14.4 Å². The number of hydrogen-bond acceptors (Lipinski definition) is 3. The van der Waals surface area contributed by atoms with Gasteiger partial charge in [0.1, 0.15) is 0 Å². The Bertz CT molecular complexity index is 1300. The zero-order valence-electron chi connectivity index (χ0n) is 20.1.